The Morgan fingerprint density at radius 1 is 1.29 bits per heavy atom. The van der Waals surface area contributed by atoms with E-state index in [9.17, 15) is 14.9 Å². The summed E-state index contributed by atoms with van der Waals surface area (Å²) in [5, 5.41) is 13.8. The van der Waals surface area contributed by atoms with Crippen LogP contribution in [0.4, 0.5) is 11.4 Å². The Morgan fingerprint density at radius 3 is 2.57 bits per heavy atom. The Labute approximate surface area is 125 Å². The molecule has 6 nitrogen and oxygen atoms in total. The van der Waals surface area contributed by atoms with E-state index in [1.807, 2.05) is 6.92 Å². The number of rotatable bonds is 3. The third kappa shape index (κ3) is 3.35. The summed E-state index contributed by atoms with van der Waals surface area (Å²) in [6.07, 6.45) is 0. The molecule has 0 spiro atoms. The van der Waals surface area contributed by atoms with Gasteiger partial charge in [-0.1, -0.05) is 17.7 Å². The number of carbonyl (C=O) groups excluding carboxylic acids is 1. The van der Waals surface area contributed by atoms with Gasteiger partial charge in [0.25, 0.3) is 11.6 Å². The highest BCUT2D eigenvalue weighted by Crippen LogP contribution is 2.28. The first-order valence-corrected chi connectivity index (χ1v) is 6.46. The maximum absolute atomic E-state index is 12.1. The van der Waals surface area contributed by atoms with Crippen LogP contribution in [0.3, 0.4) is 0 Å². The number of aryl methyl sites for hydroxylation is 2. The lowest BCUT2D eigenvalue weighted by Crippen LogP contribution is -2.15. The third-order valence-corrected chi connectivity index (χ3v) is 3.22. The van der Waals surface area contributed by atoms with Crippen LogP contribution in [0.1, 0.15) is 21.6 Å². The highest BCUT2D eigenvalue weighted by molar-refractivity contribution is 6.29. The van der Waals surface area contributed by atoms with Gasteiger partial charge in [-0.3, -0.25) is 14.9 Å². The third-order valence-electron chi connectivity index (χ3n) is 3.00. The maximum Gasteiger partial charge on any atom is 0.293 e. The van der Waals surface area contributed by atoms with Crippen molar-refractivity contribution in [1.82, 2.24) is 4.98 Å². The highest BCUT2D eigenvalue weighted by Gasteiger charge is 2.18. The predicted octanol–water partition coefficient (Wildman–Crippen LogP) is 3.51. The van der Waals surface area contributed by atoms with Crippen molar-refractivity contribution in [1.29, 1.82) is 0 Å². The topological polar surface area (TPSA) is 85.1 Å². The molecule has 0 fully saturated rings. The number of hydrogen-bond donors (Lipinski definition) is 1. The molecule has 0 atom stereocenters. The zero-order valence-corrected chi connectivity index (χ0v) is 12.1. The summed E-state index contributed by atoms with van der Waals surface area (Å²) in [7, 11) is 0. The lowest BCUT2D eigenvalue weighted by molar-refractivity contribution is -0.384. The number of anilines is 1. The summed E-state index contributed by atoms with van der Waals surface area (Å²) in [6.45, 7) is 3.58. The first-order chi connectivity index (χ1) is 9.88. The molecular formula is C14H12ClN3O3. The van der Waals surface area contributed by atoms with Gasteiger partial charge < -0.3 is 5.32 Å². The largest absolute Gasteiger partial charge is 0.315 e. The van der Waals surface area contributed by atoms with Gasteiger partial charge in [0.15, 0.2) is 0 Å². The molecular weight excluding hydrogens is 294 g/mol. The fourth-order valence-electron chi connectivity index (χ4n) is 1.77. The maximum atomic E-state index is 12.1. The molecule has 0 radical (unpaired) electrons. The molecule has 1 aromatic carbocycles. The van der Waals surface area contributed by atoms with Crippen LogP contribution in [0.2, 0.25) is 5.15 Å². The lowest BCUT2D eigenvalue weighted by atomic mass is 10.1. The first-order valence-electron chi connectivity index (χ1n) is 6.08. The molecule has 0 unspecified atom stereocenters. The number of benzene rings is 1. The molecule has 0 bridgehead atoms. The van der Waals surface area contributed by atoms with Crippen molar-refractivity contribution >= 4 is 28.9 Å². The van der Waals surface area contributed by atoms with Gasteiger partial charge in [-0.25, -0.2) is 4.98 Å². The van der Waals surface area contributed by atoms with Crippen LogP contribution in [0.25, 0.3) is 0 Å². The van der Waals surface area contributed by atoms with Crippen molar-refractivity contribution in [2.75, 3.05) is 5.32 Å². The predicted molar refractivity (Wildman–Crippen MR) is 79.8 cm³/mol. The molecule has 7 heteroatoms. The average molecular weight is 306 g/mol. The standard InChI is InChI=1S/C14H12ClN3O3/c1-8-6-11(12(18(20)21)7-9(8)2)17-14(19)10-4-3-5-13(15)16-10/h3-7H,1-2H3,(H,17,19). The summed E-state index contributed by atoms with van der Waals surface area (Å²) in [5.41, 5.74) is 1.69. The van der Waals surface area contributed by atoms with Crippen molar-refractivity contribution in [3.8, 4) is 0 Å². The second kappa shape index (κ2) is 5.88. The number of nitrogens with one attached hydrogen (secondary N) is 1. The molecule has 1 aromatic heterocycles. The van der Waals surface area contributed by atoms with E-state index in [2.05, 4.69) is 10.3 Å². The van der Waals surface area contributed by atoms with Crippen LogP contribution < -0.4 is 5.32 Å². The number of pyridine rings is 1. The number of hydrogen-bond acceptors (Lipinski definition) is 4. The van der Waals surface area contributed by atoms with Crippen LogP contribution in [0, 0.1) is 24.0 Å². The molecule has 21 heavy (non-hydrogen) atoms. The molecule has 0 saturated carbocycles. The summed E-state index contributed by atoms with van der Waals surface area (Å²) in [5.74, 6) is -0.552. The van der Waals surface area contributed by atoms with Gasteiger partial charge in [-0.05, 0) is 43.2 Å². The Bertz CT molecular complexity index is 731. The molecule has 1 heterocycles. The van der Waals surface area contributed by atoms with Gasteiger partial charge in [0, 0.05) is 6.07 Å². The Balaban J connectivity index is 2.37. The molecule has 0 aliphatic heterocycles. The van der Waals surface area contributed by atoms with Gasteiger partial charge >= 0.3 is 0 Å². The van der Waals surface area contributed by atoms with Crippen LogP contribution in [0.5, 0.6) is 0 Å². The van der Waals surface area contributed by atoms with Gasteiger partial charge in [0.1, 0.15) is 16.5 Å². The van der Waals surface area contributed by atoms with Crippen molar-refractivity contribution in [2.45, 2.75) is 13.8 Å². The Morgan fingerprint density at radius 2 is 1.95 bits per heavy atom. The summed E-state index contributed by atoms with van der Waals surface area (Å²) in [4.78, 5) is 26.5. The smallest absolute Gasteiger partial charge is 0.293 e. The second-order valence-electron chi connectivity index (χ2n) is 4.51. The zero-order chi connectivity index (χ0) is 15.6. The van der Waals surface area contributed by atoms with Crippen LogP contribution in [-0.4, -0.2) is 15.8 Å². The minimum Gasteiger partial charge on any atom is -0.315 e. The quantitative estimate of drug-likeness (QED) is 0.534. The van der Waals surface area contributed by atoms with Crippen molar-refractivity contribution < 1.29 is 9.72 Å². The molecule has 108 valence electrons. The Kier molecular flexibility index (Phi) is 4.18. The number of carbonyl (C=O) groups is 1. The van der Waals surface area contributed by atoms with Gasteiger partial charge in [-0.2, -0.15) is 0 Å². The fourth-order valence-corrected chi connectivity index (χ4v) is 1.94. The minimum absolute atomic E-state index is 0.0926. The second-order valence-corrected chi connectivity index (χ2v) is 4.90. The van der Waals surface area contributed by atoms with E-state index in [-0.39, 0.29) is 22.2 Å². The number of amides is 1. The zero-order valence-electron chi connectivity index (χ0n) is 11.4. The Hall–Kier alpha value is -2.47. The van der Waals surface area contributed by atoms with E-state index in [0.717, 1.165) is 11.1 Å². The average Bonchev–Trinajstić information content (AvgIpc) is 2.42. The first kappa shape index (κ1) is 14.9. The highest BCUT2D eigenvalue weighted by atomic mass is 35.5. The van der Waals surface area contributed by atoms with E-state index in [1.54, 1.807) is 19.1 Å². The van der Waals surface area contributed by atoms with Gasteiger partial charge in [0.2, 0.25) is 0 Å². The monoisotopic (exact) mass is 305 g/mol. The van der Waals surface area contributed by atoms with E-state index in [1.165, 1.54) is 18.2 Å². The summed E-state index contributed by atoms with van der Waals surface area (Å²) >= 11 is 5.72. The van der Waals surface area contributed by atoms with E-state index < -0.39 is 10.8 Å². The number of nitro benzene ring substituents is 1. The molecule has 2 rings (SSSR count). The van der Waals surface area contributed by atoms with Crippen LogP contribution in [-0.2, 0) is 0 Å². The molecule has 0 aliphatic carbocycles. The van der Waals surface area contributed by atoms with Crippen molar-refractivity contribution in [3.05, 3.63) is 62.4 Å². The van der Waals surface area contributed by atoms with Gasteiger partial charge in [0.05, 0.1) is 4.92 Å². The number of nitro groups is 1. The van der Waals surface area contributed by atoms with Crippen LogP contribution >= 0.6 is 11.6 Å². The molecule has 1 amide bonds. The molecule has 0 aliphatic rings. The van der Waals surface area contributed by atoms with Gasteiger partial charge in [-0.15, -0.1) is 0 Å². The van der Waals surface area contributed by atoms with Crippen molar-refractivity contribution in [2.24, 2.45) is 0 Å². The lowest BCUT2D eigenvalue weighted by Gasteiger charge is -2.08. The summed E-state index contributed by atoms with van der Waals surface area (Å²) in [6, 6.07) is 7.59. The van der Waals surface area contributed by atoms with Crippen molar-refractivity contribution in [3.63, 3.8) is 0 Å². The number of halogens is 1. The normalized spacial score (nSPS) is 10.2. The SMILES string of the molecule is Cc1cc(NC(=O)c2cccc(Cl)n2)c([N+](=O)[O-])cc1C. The van der Waals surface area contributed by atoms with E-state index in [0.29, 0.717) is 0 Å². The number of aromatic nitrogens is 1. The van der Waals surface area contributed by atoms with E-state index >= 15 is 0 Å². The molecule has 1 N–H and O–H groups in total. The minimum atomic E-state index is -0.552. The number of nitrogens with zero attached hydrogens (tertiary/aromatic N) is 2. The van der Waals surface area contributed by atoms with Crippen LogP contribution in [0.15, 0.2) is 30.3 Å². The molecule has 2 aromatic rings. The fraction of sp³-hybridized carbons (Fsp3) is 0.143. The molecule has 0 saturated heterocycles. The van der Waals surface area contributed by atoms with E-state index in [4.69, 9.17) is 11.6 Å². The summed E-state index contributed by atoms with van der Waals surface area (Å²) < 4.78 is 0.